The molecule has 0 amide bonds. The van der Waals surface area contributed by atoms with Gasteiger partial charge in [0.05, 0.1) is 26.4 Å². The third-order valence-electron chi connectivity index (χ3n) is 24.9. The largest absolute Gasteiger partial charge is 0.491 e. The Kier molecular flexibility index (Phi) is 27.7. The number of hydrogen-bond acceptors (Lipinski definition) is 12. The Morgan fingerprint density at radius 3 is 0.596 bits per heavy atom. The van der Waals surface area contributed by atoms with Gasteiger partial charge in [-0.2, -0.15) is 0 Å². The summed E-state index contributed by atoms with van der Waals surface area (Å²) in [5, 5.41) is 0. The minimum absolute atomic E-state index is 0.220. The third-order valence-corrected chi connectivity index (χ3v) is 24.9. The Morgan fingerprint density at radius 1 is 0.199 bits per heavy atom. The summed E-state index contributed by atoms with van der Waals surface area (Å²) in [4.78, 5) is 9.23. The van der Waals surface area contributed by atoms with Crippen molar-refractivity contribution in [3.63, 3.8) is 0 Å². The number of rotatable bonds is 34. The van der Waals surface area contributed by atoms with Crippen molar-refractivity contribution in [2.75, 3.05) is 72.5 Å². The maximum absolute atomic E-state index is 6.01. The van der Waals surface area contributed by atoms with Crippen LogP contribution in [0.25, 0.3) is 70.9 Å². The van der Waals surface area contributed by atoms with Gasteiger partial charge in [0.2, 0.25) is 0 Å². The molecule has 0 N–H and O–H groups in total. The van der Waals surface area contributed by atoms with E-state index >= 15 is 0 Å². The van der Waals surface area contributed by atoms with Crippen LogP contribution in [0, 0.1) is 55.4 Å². The van der Waals surface area contributed by atoms with Crippen LogP contribution in [-0.4, -0.2) is 77.3 Å². The first-order valence-electron chi connectivity index (χ1n) is 47.0. The molecule has 676 valence electrons. The zero-order valence-corrected chi connectivity index (χ0v) is 78.3. The lowest BCUT2D eigenvalue weighted by molar-refractivity contribution is 0.263. The molecule has 20 rings (SSSR count). The Hall–Kier alpha value is -15.3. The molecule has 4 heterocycles. The molecule has 12 nitrogen and oxygen atoms in total. The van der Waals surface area contributed by atoms with Crippen LogP contribution in [0.4, 0.5) is 68.2 Å². The van der Waals surface area contributed by atoms with E-state index in [4.69, 9.17) is 37.9 Å². The maximum atomic E-state index is 6.01. The number of ether oxygens (including phenoxy) is 8. The van der Waals surface area contributed by atoms with Crippen LogP contribution in [0.2, 0.25) is 0 Å². The van der Waals surface area contributed by atoms with Crippen LogP contribution in [0.5, 0.6) is 23.0 Å². The number of anilines is 12. The summed E-state index contributed by atoms with van der Waals surface area (Å²) in [5.41, 5.74) is 36.8. The van der Waals surface area contributed by atoms with E-state index in [9.17, 15) is 0 Å². The molecule has 4 aliphatic heterocycles. The summed E-state index contributed by atoms with van der Waals surface area (Å²) in [6.07, 6.45) is 18.3. The second-order valence-electron chi connectivity index (χ2n) is 35.7. The Bertz CT molecular complexity index is 6470. The van der Waals surface area contributed by atoms with Gasteiger partial charge in [0.25, 0.3) is 0 Å². The highest BCUT2D eigenvalue weighted by molar-refractivity contribution is 5.87. The second-order valence-corrected chi connectivity index (χ2v) is 35.7. The molecule has 0 spiro atoms. The lowest BCUT2D eigenvalue weighted by atomic mass is 10.0. The predicted molar refractivity (Wildman–Crippen MR) is 563 cm³/mol. The van der Waals surface area contributed by atoms with Crippen molar-refractivity contribution in [1.82, 2.24) is 0 Å². The summed E-state index contributed by atoms with van der Waals surface area (Å²) in [7, 11) is 0. The van der Waals surface area contributed by atoms with Gasteiger partial charge in [0, 0.05) is 68.2 Å². The zero-order chi connectivity index (χ0) is 92.8. The van der Waals surface area contributed by atoms with Crippen LogP contribution in [0.3, 0.4) is 0 Å². The van der Waals surface area contributed by atoms with Gasteiger partial charge in [0.1, 0.15) is 73.8 Å². The molecular formula is C124H112N4O8. The van der Waals surface area contributed by atoms with Crippen molar-refractivity contribution in [2.45, 2.75) is 79.8 Å². The molecule has 0 aliphatic carbocycles. The first kappa shape index (κ1) is 89.9. The molecular weight excluding hydrogens is 1670 g/mol. The first-order valence-corrected chi connectivity index (χ1v) is 47.0. The van der Waals surface area contributed by atoms with E-state index in [2.05, 4.69) is 463 Å². The van der Waals surface area contributed by atoms with E-state index in [1.807, 2.05) is 24.3 Å². The molecule has 0 aromatic heterocycles. The van der Waals surface area contributed by atoms with Crippen molar-refractivity contribution < 1.29 is 37.9 Å². The summed E-state index contributed by atoms with van der Waals surface area (Å²) in [6.45, 7) is 22.7. The fraction of sp³-hybridized carbons (Fsp3) is 0.161. The van der Waals surface area contributed by atoms with Crippen LogP contribution in [-0.2, 0) is 18.9 Å². The molecule has 0 bridgehead atoms. The Labute approximate surface area is 800 Å². The number of benzene rings is 16. The standard InChI is InChI=1S/C64H60N2O4.C60H52N2O4/c1-43-7-31-61(45(3)35-43)65(63-33-29-57(37-47(63)5)67-39-59-41-69-59)55-25-17-51(18-26-55)11-9-49-13-21-53(22-14-49)54-23-15-50(16-24-54)10-12-52-19-27-56(28-20-52)66(62-32-8-44(2)36-46(62)4)64-34-30-58(38-48(64)6)68-40-60-42-70-60;1-43-3-23-51(24-4-43)61(55-31-35-57(36-32-55)63-39-59-41-65-59)53-27-15-47(16-28-53)9-7-45-11-19-49(20-12-45)50-21-13-46(14-22-50)8-10-48-17-29-54(30-18-48)62(52-25-5-44(2)6-26-52)56-33-37-58(38-34-56)64-40-60-42-66-60/h7-38,59-60H,39-42H2,1-6H3;3-38,59-60H,39-42H2,1-2H3/b11-9+,12-10+;9-7+,10-8+. The van der Waals surface area contributed by atoms with Crippen molar-refractivity contribution in [3.8, 4) is 45.3 Å². The molecule has 16 aromatic carbocycles. The average molecular weight is 1790 g/mol. The molecule has 4 fully saturated rings. The van der Waals surface area contributed by atoms with E-state index < -0.39 is 0 Å². The number of epoxide rings is 4. The first-order chi connectivity index (χ1) is 66.5. The molecule has 0 saturated carbocycles. The summed E-state index contributed by atoms with van der Waals surface area (Å²) in [5.74, 6) is 3.42. The quantitative estimate of drug-likeness (QED) is 0.0284. The fourth-order valence-electron chi connectivity index (χ4n) is 16.8. The monoisotopic (exact) mass is 1780 g/mol. The predicted octanol–water partition coefficient (Wildman–Crippen LogP) is 30.8. The molecule has 16 aromatic rings. The average Bonchev–Trinajstić information content (AvgIpc) is 1.07. The van der Waals surface area contributed by atoms with E-state index in [0.29, 0.717) is 26.4 Å². The summed E-state index contributed by atoms with van der Waals surface area (Å²) >= 11 is 0. The Balaban J connectivity index is 0.000000175. The fourth-order valence-corrected chi connectivity index (χ4v) is 16.8. The zero-order valence-electron chi connectivity index (χ0n) is 78.3. The molecule has 4 saturated heterocycles. The van der Waals surface area contributed by atoms with Gasteiger partial charge in [-0.1, -0.05) is 265 Å². The van der Waals surface area contributed by atoms with Crippen molar-refractivity contribution >= 4 is 117 Å². The second kappa shape index (κ2) is 41.9. The molecule has 4 atom stereocenters. The molecule has 4 aliphatic rings. The van der Waals surface area contributed by atoms with Crippen LogP contribution < -0.4 is 38.5 Å². The van der Waals surface area contributed by atoms with Crippen molar-refractivity contribution in [1.29, 1.82) is 0 Å². The lowest BCUT2D eigenvalue weighted by Crippen LogP contribution is -2.13. The van der Waals surface area contributed by atoms with Gasteiger partial charge < -0.3 is 57.5 Å². The highest BCUT2D eigenvalue weighted by Crippen LogP contribution is 2.45. The minimum Gasteiger partial charge on any atom is -0.491 e. The van der Waals surface area contributed by atoms with Crippen molar-refractivity contribution in [2.24, 2.45) is 0 Å². The topological polar surface area (TPSA) is 100 Å². The van der Waals surface area contributed by atoms with E-state index in [1.165, 1.54) is 55.6 Å². The summed E-state index contributed by atoms with van der Waals surface area (Å²) < 4.78 is 45.1. The highest BCUT2D eigenvalue weighted by atomic mass is 16.6. The SMILES string of the molecule is Cc1ccc(N(c2ccc(/C=C/c3ccc(-c4ccc(/C=C/c5ccc(N(c6ccc(C)cc6)c6ccc(OCC7CO7)cc6)cc5)cc4)cc3)cc2)c2ccc(OCC3CO3)cc2)cc1.Cc1ccc(N(c2ccc(/C=C/c3ccc(-c4ccc(/C=C/c5ccc(N(c6ccc(C)cc6C)c6ccc(OCC7CO7)cc6C)cc5)cc4)cc3)cc2)c2ccc(OCC3CO3)cc2C)c(C)c1. The van der Waals surface area contributed by atoms with Gasteiger partial charge >= 0.3 is 0 Å². The third kappa shape index (κ3) is 23.5. The highest BCUT2D eigenvalue weighted by Gasteiger charge is 2.28. The van der Waals surface area contributed by atoms with Gasteiger partial charge in [-0.05, 0) is 314 Å². The lowest BCUT2D eigenvalue weighted by Gasteiger charge is -2.29. The van der Waals surface area contributed by atoms with E-state index in [1.54, 1.807) is 0 Å². The Morgan fingerprint density at radius 2 is 0.375 bits per heavy atom. The van der Waals surface area contributed by atoms with E-state index in [-0.39, 0.29) is 24.4 Å². The van der Waals surface area contributed by atoms with Crippen LogP contribution in [0.15, 0.2) is 364 Å². The van der Waals surface area contributed by atoms with Crippen molar-refractivity contribution in [3.05, 3.63) is 453 Å². The van der Waals surface area contributed by atoms with Crippen LogP contribution in [0.1, 0.15) is 89.0 Å². The molecule has 136 heavy (non-hydrogen) atoms. The summed E-state index contributed by atoms with van der Waals surface area (Å²) in [6, 6.07) is 130. The maximum Gasteiger partial charge on any atom is 0.119 e. The van der Waals surface area contributed by atoms with Gasteiger partial charge in [-0.15, -0.1) is 0 Å². The van der Waals surface area contributed by atoms with Crippen LogP contribution >= 0.6 is 0 Å². The number of aryl methyl sites for hydroxylation is 8. The molecule has 12 heteroatoms. The van der Waals surface area contributed by atoms with Gasteiger partial charge in [-0.25, -0.2) is 0 Å². The van der Waals surface area contributed by atoms with Gasteiger partial charge in [-0.3, -0.25) is 0 Å². The number of nitrogens with zero attached hydrogens (tertiary/aromatic N) is 4. The van der Waals surface area contributed by atoms with Gasteiger partial charge in [0.15, 0.2) is 0 Å². The normalized spacial score (nSPS) is 15.1. The molecule has 4 unspecified atom stereocenters. The number of hydrogen-bond donors (Lipinski definition) is 0. The molecule has 0 radical (unpaired) electrons. The smallest absolute Gasteiger partial charge is 0.119 e. The van der Waals surface area contributed by atoms with E-state index in [0.717, 1.165) is 173 Å². The minimum atomic E-state index is 0.220.